The van der Waals surface area contributed by atoms with Crippen LogP contribution < -0.4 is 0 Å². The van der Waals surface area contributed by atoms with E-state index in [1.807, 2.05) is 24.3 Å². The normalized spacial score (nSPS) is 11.4. The van der Waals surface area contributed by atoms with Crippen molar-refractivity contribution in [2.24, 2.45) is 0 Å². The maximum atomic E-state index is 9.10. The molecule has 0 radical (unpaired) electrons. The molecule has 0 spiro atoms. The quantitative estimate of drug-likeness (QED) is 0.743. The van der Waals surface area contributed by atoms with Gasteiger partial charge in [-0.15, -0.1) is 0 Å². The second-order valence-electron chi connectivity index (χ2n) is 3.79. The van der Waals surface area contributed by atoms with E-state index in [9.17, 15) is 0 Å². The van der Waals surface area contributed by atoms with Crippen molar-refractivity contribution in [3.05, 3.63) is 42.2 Å². The number of hydrogen-bond acceptors (Lipinski definition) is 4. The second-order valence-corrected chi connectivity index (χ2v) is 3.79. The van der Waals surface area contributed by atoms with Gasteiger partial charge in [-0.3, -0.25) is 0 Å². The molecule has 1 unspecified atom stereocenters. The fraction of sp³-hybridized carbons (Fsp3) is 0.143. The standard InChI is InChI=1S/C14H12N2O2/c1-10(17)2-3-11-4-6-12(7-5-11)14-15-8-13(18)9-16-14/h4-10,17-18H,1H3. The van der Waals surface area contributed by atoms with Crippen molar-refractivity contribution in [2.75, 3.05) is 0 Å². The lowest BCUT2D eigenvalue weighted by molar-refractivity contribution is 0.253. The molecule has 0 saturated heterocycles. The zero-order chi connectivity index (χ0) is 13.0. The van der Waals surface area contributed by atoms with Crippen LogP contribution in [0, 0.1) is 11.8 Å². The Hall–Kier alpha value is -2.38. The Kier molecular flexibility index (Phi) is 3.56. The fourth-order valence-electron chi connectivity index (χ4n) is 1.36. The highest BCUT2D eigenvalue weighted by atomic mass is 16.3. The van der Waals surface area contributed by atoms with Crippen molar-refractivity contribution in [3.63, 3.8) is 0 Å². The van der Waals surface area contributed by atoms with Crippen LogP contribution >= 0.6 is 0 Å². The predicted molar refractivity (Wildman–Crippen MR) is 67.7 cm³/mol. The van der Waals surface area contributed by atoms with Gasteiger partial charge in [0.2, 0.25) is 0 Å². The Morgan fingerprint density at radius 3 is 2.28 bits per heavy atom. The van der Waals surface area contributed by atoms with Crippen LogP contribution in [-0.4, -0.2) is 26.3 Å². The predicted octanol–water partition coefficient (Wildman–Crippen LogP) is 1.58. The molecule has 4 heteroatoms. The molecule has 0 amide bonds. The Morgan fingerprint density at radius 1 is 1.11 bits per heavy atom. The van der Waals surface area contributed by atoms with Gasteiger partial charge in [-0.2, -0.15) is 0 Å². The van der Waals surface area contributed by atoms with Crippen molar-refractivity contribution in [2.45, 2.75) is 13.0 Å². The van der Waals surface area contributed by atoms with Crippen LogP contribution in [0.2, 0.25) is 0 Å². The van der Waals surface area contributed by atoms with Crippen molar-refractivity contribution < 1.29 is 10.2 Å². The van der Waals surface area contributed by atoms with Crippen LogP contribution in [-0.2, 0) is 0 Å². The van der Waals surface area contributed by atoms with Crippen molar-refractivity contribution in [3.8, 4) is 29.0 Å². The van der Waals surface area contributed by atoms with Gasteiger partial charge in [-0.1, -0.05) is 11.8 Å². The Labute approximate surface area is 105 Å². The SMILES string of the molecule is CC(O)C#Cc1ccc(-c2ncc(O)cn2)cc1. The lowest BCUT2D eigenvalue weighted by atomic mass is 10.1. The monoisotopic (exact) mass is 240 g/mol. The molecule has 0 aliphatic rings. The van der Waals surface area contributed by atoms with Gasteiger partial charge >= 0.3 is 0 Å². The van der Waals surface area contributed by atoms with Gasteiger partial charge in [0.1, 0.15) is 6.10 Å². The van der Waals surface area contributed by atoms with Crippen LogP contribution in [0.5, 0.6) is 5.75 Å². The molecule has 90 valence electrons. The number of aliphatic hydroxyl groups excluding tert-OH is 1. The summed E-state index contributed by atoms with van der Waals surface area (Å²) >= 11 is 0. The number of hydrogen-bond donors (Lipinski definition) is 2. The zero-order valence-corrected chi connectivity index (χ0v) is 9.83. The van der Waals surface area contributed by atoms with Gasteiger partial charge in [0.25, 0.3) is 0 Å². The molecule has 0 saturated carbocycles. The van der Waals surface area contributed by atoms with E-state index in [1.165, 1.54) is 12.4 Å². The molecule has 1 aromatic carbocycles. The lowest BCUT2D eigenvalue weighted by Crippen LogP contribution is -1.92. The highest BCUT2D eigenvalue weighted by Gasteiger charge is 2.00. The molecule has 1 heterocycles. The van der Waals surface area contributed by atoms with E-state index in [0.29, 0.717) is 5.82 Å². The summed E-state index contributed by atoms with van der Waals surface area (Å²) < 4.78 is 0. The van der Waals surface area contributed by atoms with Crippen LogP contribution in [0.15, 0.2) is 36.7 Å². The minimum atomic E-state index is -0.634. The number of benzene rings is 1. The number of aromatic hydroxyl groups is 1. The van der Waals surface area contributed by atoms with Crippen molar-refractivity contribution in [1.29, 1.82) is 0 Å². The average molecular weight is 240 g/mol. The maximum Gasteiger partial charge on any atom is 0.159 e. The molecule has 4 nitrogen and oxygen atoms in total. The topological polar surface area (TPSA) is 66.2 Å². The van der Waals surface area contributed by atoms with Crippen LogP contribution in [0.25, 0.3) is 11.4 Å². The summed E-state index contributed by atoms with van der Waals surface area (Å²) in [6.07, 6.45) is 2.07. The van der Waals surface area contributed by atoms with Gasteiger partial charge in [0, 0.05) is 11.1 Å². The molecule has 0 bridgehead atoms. The summed E-state index contributed by atoms with van der Waals surface area (Å²) in [6.45, 7) is 1.62. The largest absolute Gasteiger partial charge is 0.505 e. The van der Waals surface area contributed by atoms with Gasteiger partial charge in [-0.05, 0) is 31.2 Å². The Bertz CT molecular complexity index is 578. The molecule has 1 atom stereocenters. The van der Waals surface area contributed by atoms with E-state index in [1.54, 1.807) is 6.92 Å². The summed E-state index contributed by atoms with van der Waals surface area (Å²) in [5, 5.41) is 18.2. The molecule has 1 aromatic heterocycles. The lowest BCUT2D eigenvalue weighted by Gasteiger charge is -1.99. The first-order valence-electron chi connectivity index (χ1n) is 5.46. The van der Waals surface area contributed by atoms with E-state index in [2.05, 4.69) is 21.8 Å². The van der Waals surface area contributed by atoms with Gasteiger partial charge in [-0.25, -0.2) is 9.97 Å². The number of nitrogens with zero attached hydrogens (tertiary/aromatic N) is 2. The third-order valence-corrected chi connectivity index (χ3v) is 2.21. The second kappa shape index (κ2) is 5.30. The number of aromatic nitrogens is 2. The molecule has 0 aliphatic carbocycles. The van der Waals surface area contributed by atoms with Crippen molar-refractivity contribution >= 4 is 0 Å². The minimum Gasteiger partial charge on any atom is -0.505 e. The molecule has 18 heavy (non-hydrogen) atoms. The fourth-order valence-corrected chi connectivity index (χ4v) is 1.36. The molecule has 2 N–H and O–H groups in total. The Balaban J connectivity index is 2.23. The van der Waals surface area contributed by atoms with Gasteiger partial charge < -0.3 is 10.2 Å². The van der Waals surface area contributed by atoms with E-state index >= 15 is 0 Å². The molecule has 2 aromatic rings. The first-order chi connectivity index (χ1) is 8.65. The van der Waals surface area contributed by atoms with E-state index in [0.717, 1.165) is 11.1 Å². The molecule has 0 fully saturated rings. The van der Waals surface area contributed by atoms with Crippen LogP contribution in [0.3, 0.4) is 0 Å². The summed E-state index contributed by atoms with van der Waals surface area (Å²) in [5.74, 6) is 6.11. The summed E-state index contributed by atoms with van der Waals surface area (Å²) in [5.41, 5.74) is 1.66. The molecular formula is C14H12N2O2. The van der Waals surface area contributed by atoms with Gasteiger partial charge in [0.15, 0.2) is 11.6 Å². The third kappa shape index (κ3) is 3.06. The first-order valence-corrected chi connectivity index (χ1v) is 5.46. The number of rotatable bonds is 1. The maximum absolute atomic E-state index is 9.10. The first kappa shape index (κ1) is 12.1. The van der Waals surface area contributed by atoms with E-state index in [-0.39, 0.29) is 5.75 Å². The Morgan fingerprint density at radius 2 is 1.72 bits per heavy atom. The average Bonchev–Trinajstić information content (AvgIpc) is 2.38. The van der Waals surface area contributed by atoms with Gasteiger partial charge in [0.05, 0.1) is 12.4 Å². The molecule has 0 aliphatic heterocycles. The zero-order valence-electron chi connectivity index (χ0n) is 9.83. The molecular weight excluding hydrogens is 228 g/mol. The van der Waals surface area contributed by atoms with Crippen LogP contribution in [0.4, 0.5) is 0 Å². The van der Waals surface area contributed by atoms with E-state index < -0.39 is 6.10 Å². The summed E-state index contributed by atoms with van der Waals surface area (Å²) in [4.78, 5) is 8.03. The highest BCUT2D eigenvalue weighted by molar-refractivity contribution is 5.56. The van der Waals surface area contributed by atoms with E-state index in [4.69, 9.17) is 10.2 Å². The third-order valence-electron chi connectivity index (χ3n) is 2.21. The smallest absolute Gasteiger partial charge is 0.159 e. The molecule has 2 rings (SSSR count). The van der Waals surface area contributed by atoms with Crippen molar-refractivity contribution in [1.82, 2.24) is 9.97 Å². The number of aliphatic hydroxyl groups is 1. The highest BCUT2D eigenvalue weighted by Crippen LogP contribution is 2.16. The summed E-state index contributed by atoms with van der Waals surface area (Å²) in [6, 6.07) is 7.36. The summed E-state index contributed by atoms with van der Waals surface area (Å²) in [7, 11) is 0. The van der Waals surface area contributed by atoms with Crippen LogP contribution in [0.1, 0.15) is 12.5 Å². The minimum absolute atomic E-state index is 0.0400.